The minimum Gasteiger partial charge on any atom is -0.316 e. The van der Waals surface area contributed by atoms with E-state index >= 15 is 0 Å². The van der Waals surface area contributed by atoms with E-state index in [4.69, 9.17) is 0 Å². The Bertz CT molecular complexity index is 174. The van der Waals surface area contributed by atoms with Crippen molar-refractivity contribution < 1.29 is 8.42 Å². The summed E-state index contributed by atoms with van der Waals surface area (Å²) in [5.74, 6) is 0.471. The zero-order chi connectivity index (χ0) is 8.20. The van der Waals surface area contributed by atoms with Crippen LogP contribution in [0.4, 0.5) is 0 Å². The third-order valence-electron chi connectivity index (χ3n) is 1.44. The minimum atomic E-state index is -2.79. The molecule has 0 rings (SSSR count). The SMILES string of the molecule is CCS(=O)(=O)C[C@H](C)NC. The fourth-order valence-electron chi connectivity index (χ4n) is 0.582. The minimum absolute atomic E-state index is 0.0601. The molecule has 0 radical (unpaired) electrons. The molecule has 0 spiro atoms. The summed E-state index contributed by atoms with van der Waals surface area (Å²) < 4.78 is 21.9. The highest BCUT2D eigenvalue weighted by molar-refractivity contribution is 7.91. The Morgan fingerprint density at radius 2 is 2.00 bits per heavy atom. The van der Waals surface area contributed by atoms with Crippen molar-refractivity contribution in [1.82, 2.24) is 5.32 Å². The normalized spacial score (nSPS) is 15.1. The molecule has 0 saturated heterocycles. The summed E-state index contributed by atoms with van der Waals surface area (Å²) in [4.78, 5) is 0. The van der Waals surface area contributed by atoms with Gasteiger partial charge in [0.1, 0.15) is 0 Å². The molecule has 1 N–H and O–H groups in total. The third kappa shape index (κ3) is 3.85. The number of sulfone groups is 1. The zero-order valence-electron chi connectivity index (χ0n) is 6.72. The fraction of sp³-hybridized carbons (Fsp3) is 1.00. The van der Waals surface area contributed by atoms with Gasteiger partial charge in [-0.1, -0.05) is 6.92 Å². The van der Waals surface area contributed by atoms with Crippen LogP contribution in [0.2, 0.25) is 0 Å². The van der Waals surface area contributed by atoms with E-state index in [0.29, 0.717) is 0 Å². The second kappa shape index (κ2) is 3.93. The highest BCUT2D eigenvalue weighted by Gasteiger charge is 2.10. The summed E-state index contributed by atoms with van der Waals surface area (Å²) in [6.45, 7) is 3.52. The number of rotatable bonds is 4. The predicted octanol–water partition coefficient (Wildman–Crippen LogP) is 0.0290. The van der Waals surface area contributed by atoms with Gasteiger partial charge in [0.05, 0.1) is 5.75 Å². The van der Waals surface area contributed by atoms with Gasteiger partial charge in [-0.25, -0.2) is 8.42 Å². The van der Waals surface area contributed by atoms with Crippen molar-refractivity contribution in [2.24, 2.45) is 0 Å². The molecule has 0 aromatic carbocycles. The Kier molecular flexibility index (Phi) is 3.89. The van der Waals surface area contributed by atoms with Gasteiger partial charge >= 0.3 is 0 Å². The maximum Gasteiger partial charge on any atom is 0.151 e. The van der Waals surface area contributed by atoms with E-state index in [-0.39, 0.29) is 17.5 Å². The van der Waals surface area contributed by atoms with Gasteiger partial charge in [-0.15, -0.1) is 0 Å². The molecule has 0 unspecified atom stereocenters. The van der Waals surface area contributed by atoms with Gasteiger partial charge in [0.2, 0.25) is 0 Å². The Morgan fingerprint density at radius 3 is 2.30 bits per heavy atom. The highest BCUT2D eigenvalue weighted by Crippen LogP contribution is 1.92. The van der Waals surface area contributed by atoms with Crippen molar-refractivity contribution in [3.05, 3.63) is 0 Å². The van der Waals surface area contributed by atoms with Gasteiger partial charge in [-0.2, -0.15) is 0 Å². The van der Waals surface area contributed by atoms with E-state index in [1.807, 2.05) is 6.92 Å². The Morgan fingerprint density at radius 1 is 1.50 bits per heavy atom. The molecule has 4 heteroatoms. The Balaban J connectivity index is 3.90. The van der Waals surface area contributed by atoms with Crippen LogP contribution in [0.25, 0.3) is 0 Å². The molecule has 0 aliphatic carbocycles. The van der Waals surface area contributed by atoms with Crippen LogP contribution in [0.5, 0.6) is 0 Å². The summed E-state index contributed by atoms with van der Waals surface area (Å²) >= 11 is 0. The molecule has 3 nitrogen and oxygen atoms in total. The predicted molar refractivity (Wildman–Crippen MR) is 42.8 cm³/mol. The molecule has 0 aliphatic rings. The van der Waals surface area contributed by atoms with Crippen LogP contribution >= 0.6 is 0 Å². The molecule has 0 amide bonds. The number of hydrogen-bond donors (Lipinski definition) is 1. The summed E-state index contributed by atoms with van der Waals surface area (Å²) in [6.07, 6.45) is 0. The third-order valence-corrected chi connectivity index (χ3v) is 3.32. The lowest BCUT2D eigenvalue weighted by Gasteiger charge is -2.08. The number of hydrogen-bond acceptors (Lipinski definition) is 3. The van der Waals surface area contributed by atoms with Crippen LogP contribution in [-0.4, -0.2) is 33.0 Å². The molecule has 62 valence electrons. The summed E-state index contributed by atoms with van der Waals surface area (Å²) in [5.41, 5.74) is 0. The van der Waals surface area contributed by atoms with E-state index in [1.165, 1.54) is 0 Å². The highest BCUT2D eigenvalue weighted by atomic mass is 32.2. The smallest absolute Gasteiger partial charge is 0.151 e. The van der Waals surface area contributed by atoms with E-state index < -0.39 is 9.84 Å². The standard InChI is InChI=1S/C6H15NO2S/c1-4-10(8,9)5-6(2)7-3/h6-7H,4-5H2,1-3H3/t6-/m0/s1. The lowest BCUT2D eigenvalue weighted by atomic mass is 10.4. The molecule has 10 heavy (non-hydrogen) atoms. The van der Waals surface area contributed by atoms with E-state index in [9.17, 15) is 8.42 Å². The molecular weight excluding hydrogens is 150 g/mol. The van der Waals surface area contributed by atoms with Gasteiger partial charge < -0.3 is 5.32 Å². The van der Waals surface area contributed by atoms with Crippen molar-refractivity contribution in [1.29, 1.82) is 0 Å². The van der Waals surface area contributed by atoms with Gasteiger partial charge in [0.15, 0.2) is 9.84 Å². The molecule has 0 aromatic heterocycles. The summed E-state index contributed by atoms with van der Waals surface area (Å²) in [7, 11) is -1.03. The molecule has 0 aromatic rings. The van der Waals surface area contributed by atoms with Crippen molar-refractivity contribution >= 4 is 9.84 Å². The molecule has 0 saturated carbocycles. The lowest BCUT2D eigenvalue weighted by Crippen LogP contribution is -2.30. The topological polar surface area (TPSA) is 46.2 Å². The van der Waals surface area contributed by atoms with Crippen LogP contribution in [-0.2, 0) is 9.84 Å². The molecule has 1 atom stereocenters. The maximum absolute atomic E-state index is 10.9. The van der Waals surface area contributed by atoms with Crippen LogP contribution in [0.3, 0.4) is 0 Å². The zero-order valence-corrected chi connectivity index (χ0v) is 7.53. The van der Waals surface area contributed by atoms with Crippen molar-refractivity contribution in [2.75, 3.05) is 18.6 Å². The largest absolute Gasteiger partial charge is 0.316 e. The fourth-order valence-corrected chi connectivity index (χ4v) is 1.75. The summed E-state index contributed by atoms with van der Waals surface area (Å²) in [5, 5.41) is 2.88. The lowest BCUT2D eigenvalue weighted by molar-refractivity contribution is 0.579. The van der Waals surface area contributed by atoms with Gasteiger partial charge in [-0.3, -0.25) is 0 Å². The molecular formula is C6H15NO2S. The van der Waals surface area contributed by atoms with Crippen LogP contribution in [0.1, 0.15) is 13.8 Å². The average molecular weight is 165 g/mol. The number of nitrogens with one attached hydrogen (secondary N) is 1. The van der Waals surface area contributed by atoms with Gasteiger partial charge in [0.25, 0.3) is 0 Å². The van der Waals surface area contributed by atoms with E-state index in [1.54, 1.807) is 14.0 Å². The first kappa shape index (κ1) is 9.91. The van der Waals surface area contributed by atoms with Crippen molar-refractivity contribution in [3.63, 3.8) is 0 Å². The quantitative estimate of drug-likeness (QED) is 0.639. The van der Waals surface area contributed by atoms with Gasteiger partial charge in [-0.05, 0) is 14.0 Å². The first-order valence-electron chi connectivity index (χ1n) is 3.39. The second-order valence-corrected chi connectivity index (χ2v) is 4.79. The first-order chi connectivity index (χ1) is 4.52. The van der Waals surface area contributed by atoms with Crippen LogP contribution < -0.4 is 5.32 Å². The molecule has 0 bridgehead atoms. The Labute approximate surface area is 62.7 Å². The maximum atomic E-state index is 10.9. The second-order valence-electron chi connectivity index (χ2n) is 2.39. The van der Waals surface area contributed by atoms with Crippen molar-refractivity contribution in [2.45, 2.75) is 19.9 Å². The van der Waals surface area contributed by atoms with Crippen molar-refractivity contribution in [3.8, 4) is 0 Å². The molecule has 0 fully saturated rings. The average Bonchev–Trinajstić information content (AvgIpc) is 1.87. The molecule has 0 heterocycles. The van der Waals surface area contributed by atoms with E-state index in [0.717, 1.165) is 0 Å². The van der Waals surface area contributed by atoms with Crippen LogP contribution in [0.15, 0.2) is 0 Å². The van der Waals surface area contributed by atoms with E-state index in [2.05, 4.69) is 5.32 Å². The van der Waals surface area contributed by atoms with Crippen LogP contribution in [0, 0.1) is 0 Å². The first-order valence-corrected chi connectivity index (χ1v) is 5.21. The monoisotopic (exact) mass is 165 g/mol. The Hall–Kier alpha value is -0.0900. The molecule has 0 aliphatic heterocycles. The summed E-state index contributed by atoms with van der Waals surface area (Å²) in [6, 6.07) is 0.0601. The van der Waals surface area contributed by atoms with Gasteiger partial charge in [0, 0.05) is 11.8 Å².